The quantitative estimate of drug-likeness (QED) is 0.472. The number of aromatic nitrogens is 1. The molecule has 1 aromatic heterocycles. The van der Waals surface area contributed by atoms with Crippen LogP contribution in [0.1, 0.15) is 43.4 Å². The number of benzene rings is 2. The lowest BCUT2D eigenvalue weighted by atomic mass is 9.88. The molecule has 0 aliphatic carbocycles. The third-order valence-corrected chi connectivity index (χ3v) is 7.89. The number of amides is 1. The molecule has 0 spiro atoms. The van der Waals surface area contributed by atoms with Gasteiger partial charge < -0.3 is 15.5 Å². The van der Waals surface area contributed by atoms with Crippen molar-refractivity contribution in [2.45, 2.75) is 44.8 Å². The van der Waals surface area contributed by atoms with E-state index in [-0.39, 0.29) is 35.7 Å². The average molecular weight is 463 g/mol. The van der Waals surface area contributed by atoms with Crippen LogP contribution in [0.4, 0.5) is 5.13 Å². The Hall–Kier alpha value is -2.33. The third-order valence-electron chi connectivity index (χ3n) is 5.21. The molecule has 0 saturated carbocycles. The van der Waals surface area contributed by atoms with Crippen LogP contribution in [0.3, 0.4) is 0 Å². The monoisotopic (exact) mass is 462 g/mol. The Labute approximate surface area is 185 Å². The molecule has 0 bridgehead atoms. The number of aliphatic hydroxyl groups excluding tert-OH is 2. The Bertz CT molecular complexity index is 1140. The number of aliphatic hydroxyl groups is 2. The molecule has 7 nitrogen and oxygen atoms in total. The van der Waals surface area contributed by atoms with Crippen LogP contribution in [0.15, 0.2) is 41.3 Å². The van der Waals surface area contributed by atoms with Crippen molar-refractivity contribution >= 4 is 42.4 Å². The first-order chi connectivity index (χ1) is 14.7. The van der Waals surface area contributed by atoms with E-state index in [1.54, 1.807) is 43.3 Å². The van der Waals surface area contributed by atoms with Crippen molar-refractivity contribution in [1.82, 2.24) is 4.98 Å². The summed E-state index contributed by atoms with van der Waals surface area (Å²) in [6.45, 7) is 5.06. The van der Waals surface area contributed by atoms with Crippen molar-refractivity contribution in [3.05, 3.63) is 53.1 Å². The number of nitrogens with zero attached hydrogens (tertiary/aromatic N) is 1. The summed E-state index contributed by atoms with van der Waals surface area (Å²) >= 11 is 1.29. The van der Waals surface area contributed by atoms with Crippen molar-refractivity contribution in [3.63, 3.8) is 0 Å². The molecule has 3 rings (SSSR count). The smallest absolute Gasteiger partial charge is 0.233 e. The van der Waals surface area contributed by atoms with Gasteiger partial charge in [-0.25, -0.2) is 13.4 Å². The minimum atomic E-state index is -3.30. The van der Waals surface area contributed by atoms with Crippen molar-refractivity contribution < 1.29 is 23.4 Å². The molecule has 1 atom stereocenters. The maximum Gasteiger partial charge on any atom is 0.233 e. The highest BCUT2D eigenvalue weighted by Crippen LogP contribution is 2.32. The summed E-state index contributed by atoms with van der Waals surface area (Å²) in [5.41, 5.74) is 2.59. The molecule has 9 heteroatoms. The zero-order valence-electron chi connectivity index (χ0n) is 17.6. The largest absolute Gasteiger partial charge is 0.392 e. The van der Waals surface area contributed by atoms with E-state index in [0.717, 1.165) is 10.3 Å². The lowest BCUT2D eigenvalue weighted by Gasteiger charge is -2.20. The summed E-state index contributed by atoms with van der Waals surface area (Å²) in [4.78, 5) is 17.8. The first-order valence-electron chi connectivity index (χ1n) is 9.97. The number of fused-ring (bicyclic) bond motifs is 1. The van der Waals surface area contributed by atoms with Gasteiger partial charge in [0.05, 0.1) is 40.0 Å². The van der Waals surface area contributed by atoms with E-state index in [0.29, 0.717) is 21.8 Å². The minimum Gasteiger partial charge on any atom is -0.392 e. The van der Waals surface area contributed by atoms with Gasteiger partial charge in [-0.3, -0.25) is 4.79 Å². The highest BCUT2D eigenvalue weighted by molar-refractivity contribution is 7.91. The van der Waals surface area contributed by atoms with Gasteiger partial charge in [-0.05, 0) is 46.9 Å². The molecule has 2 aromatic carbocycles. The van der Waals surface area contributed by atoms with E-state index in [1.165, 1.54) is 11.3 Å². The molecule has 0 aliphatic rings. The Balaban J connectivity index is 1.87. The first-order valence-corrected chi connectivity index (χ1v) is 12.4. The second-order valence-corrected chi connectivity index (χ2v) is 10.9. The summed E-state index contributed by atoms with van der Waals surface area (Å²) in [7, 11) is -3.30. The summed E-state index contributed by atoms with van der Waals surface area (Å²) in [6.07, 6.45) is 0. The zero-order chi connectivity index (χ0) is 22.8. The topological polar surface area (TPSA) is 117 Å². The van der Waals surface area contributed by atoms with E-state index in [1.807, 2.05) is 13.8 Å². The Morgan fingerprint density at radius 3 is 2.26 bits per heavy atom. The Morgan fingerprint density at radius 1 is 1.10 bits per heavy atom. The number of anilines is 1. The summed E-state index contributed by atoms with van der Waals surface area (Å²) in [5, 5.41) is 22.2. The molecule has 166 valence electrons. The Kier molecular flexibility index (Phi) is 7.10. The predicted molar refractivity (Wildman–Crippen MR) is 122 cm³/mol. The van der Waals surface area contributed by atoms with Crippen LogP contribution in [-0.4, -0.2) is 35.3 Å². The fourth-order valence-corrected chi connectivity index (χ4v) is 5.28. The summed E-state index contributed by atoms with van der Waals surface area (Å²) in [5.74, 6) is -0.713. The number of carbonyl (C=O) groups is 1. The highest BCUT2D eigenvalue weighted by atomic mass is 32.2. The van der Waals surface area contributed by atoms with E-state index in [4.69, 9.17) is 0 Å². The third kappa shape index (κ3) is 4.95. The molecule has 3 aromatic rings. The average Bonchev–Trinajstić information content (AvgIpc) is 3.13. The predicted octanol–water partition coefficient (Wildman–Crippen LogP) is 3.45. The molecule has 0 fully saturated rings. The lowest BCUT2D eigenvalue weighted by Crippen LogP contribution is -2.25. The fourth-order valence-electron chi connectivity index (χ4n) is 3.48. The number of thiazole rings is 1. The minimum absolute atomic E-state index is 0.0219. The van der Waals surface area contributed by atoms with Gasteiger partial charge >= 0.3 is 0 Å². The van der Waals surface area contributed by atoms with E-state index < -0.39 is 15.8 Å². The number of hydrogen-bond acceptors (Lipinski definition) is 7. The molecule has 1 heterocycles. The van der Waals surface area contributed by atoms with E-state index in [2.05, 4.69) is 10.3 Å². The van der Waals surface area contributed by atoms with Gasteiger partial charge in [0.15, 0.2) is 15.0 Å². The number of rotatable bonds is 8. The van der Waals surface area contributed by atoms with E-state index >= 15 is 0 Å². The SMILES string of the molecule is CCS(=O)(=O)c1ccc(C(C(=O)Nc2nc3cc(CO)c(CO)cc3s2)C(C)C)cc1. The lowest BCUT2D eigenvalue weighted by molar-refractivity contribution is -0.118. The molecular formula is C22H26N2O5S2. The maximum absolute atomic E-state index is 13.1. The summed E-state index contributed by atoms with van der Waals surface area (Å²) in [6, 6.07) is 9.93. The van der Waals surface area contributed by atoms with Crippen molar-refractivity contribution in [3.8, 4) is 0 Å². The number of sulfone groups is 1. The molecule has 31 heavy (non-hydrogen) atoms. The standard InChI is InChI=1S/C22H26N2O5S2/c1-4-31(28,29)17-7-5-14(6-8-17)20(13(2)3)21(27)24-22-23-18-9-15(11-25)16(12-26)10-19(18)30-22/h5-10,13,20,25-26H,4,11-12H2,1-3H3,(H,23,24,27). The summed E-state index contributed by atoms with van der Waals surface area (Å²) < 4.78 is 24.9. The van der Waals surface area contributed by atoms with Crippen molar-refractivity contribution in [2.24, 2.45) is 5.92 Å². The van der Waals surface area contributed by atoms with Crippen LogP contribution in [0.5, 0.6) is 0 Å². The van der Waals surface area contributed by atoms with Crippen LogP contribution in [0.25, 0.3) is 10.2 Å². The van der Waals surface area contributed by atoms with Gasteiger partial charge in [0.2, 0.25) is 5.91 Å². The molecule has 1 unspecified atom stereocenters. The molecule has 0 saturated heterocycles. The van der Waals surface area contributed by atoms with Gasteiger partial charge in [0.1, 0.15) is 0 Å². The van der Waals surface area contributed by atoms with Crippen molar-refractivity contribution in [1.29, 1.82) is 0 Å². The van der Waals surface area contributed by atoms with Crippen molar-refractivity contribution in [2.75, 3.05) is 11.1 Å². The van der Waals surface area contributed by atoms with Crippen LogP contribution in [0.2, 0.25) is 0 Å². The molecule has 1 amide bonds. The van der Waals surface area contributed by atoms with Gasteiger partial charge in [-0.2, -0.15) is 0 Å². The Morgan fingerprint density at radius 2 is 1.71 bits per heavy atom. The first kappa shape index (κ1) is 23.3. The molecule has 3 N–H and O–H groups in total. The van der Waals surface area contributed by atoms with E-state index in [9.17, 15) is 23.4 Å². The van der Waals surface area contributed by atoms with Crippen LogP contribution in [0, 0.1) is 5.92 Å². The second-order valence-electron chi connectivity index (χ2n) is 7.61. The molecule has 0 radical (unpaired) electrons. The zero-order valence-corrected chi connectivity index (χ0v) is 19.3. The molecular weight excluding hydrogens is 436 g/mol. The van der Waals surface area contributed by atoms with Gasteiger partial charge in [-0.15, -0.1) is 0 Å². The maximum atomic E-state index is 13.1. The number of hydrogen-bond donors (Lipinski definition) is 3. The highest BCUT2D eigenvalue weighted by Gasteiger charge is 2.26. The normalized spacial score (nSPS) is 13.0. The second kappa shape index (κ2) is 9.44. The van der Waals surface area contributed by atoms with Crippen LogP contribution >= 0.6 is 11.3 Å². The van der Waals surface area contributed by atoms with Gasteiger partial charge in [0, 0.05) is 0 Å². The fraction of sp³-hybridized carbons (Fsp3) is 0.364. The molecule has 0 aliphatic heterocycles. The van der Waals surface area contributed by atoms with Crippen LogP contribution < -0.4 is 5.32 Å². The number of nitrogens with one attached hydrogen (secondary N) is 1. The van der Waals surface area contributed by atoms with Gasteiger partial charge in [0.25, 0.3) is 0 Å². The van der Waals surface area contributed by atoms with Crippen LogP contribution in [-0.2, 0) is 27.8 Å². The van der Waals surface area contributed by atoms with Gasteiger partial charge in [-0.1, -0.05) is 44.2 Å². The number of carbonyl (C=O) groups excluding carboxylic acids is 1.